The molecule has 0 amide bonds. The molecule has 1 saturated carbocycles. The van der Waals surface area contributed by atoms with E-state index in [-0.39, 0.29) is 18.4 Å². The van der Waals surface area contributed by atoms with E-state index >= 15 is 0 Å². The molecule has 0 radical (unpaired) electrons. The summed E-state index contributed by atoms with van der Waals surface area (Å²) in [5.74, 6) is -0.305. The first kappa shape index (κ1) is 15.8. The molecule has 0 heterocycles. The fraction of sp³-hybridized carbons (Fsp3) is 0.562. The Bertz CT molecular complexity index is 473. The van der Waals surface area contributed by atoms with Crippen LogP contribution in [0.1, 0.15) is 43.8 Å². The van der Waals surface area contributed by atoms with E-state index in [1.54, 1.807) is 24.3 Å². The third kappa shape index (κ3) is 4.72. The molecule has 1 aliphatic rings. The topological polar surface area (TPSA) is 87.0 Å². The molecule has 2 rings (SSSR count). The summed E-state index contributed by atoms with van der Waals surface area (Å²) in [5, 5.41) is 28.4. The molecule has 1 aliphatic carbocycles. The minimum absolute atomic E-state index is 0.145. The summed E-state index contributed by atoms with van der Waals surface area (Å²) < 4.78 is 5.69. The minimum Gasteiger partial charge on any atom is -0.493 e. The van der Waals surface area contributed by atoms with Gasteiger partial charge in [-0.15, -0.1) is 0 Å². The van der Waals surface area contributed by atoms with E-state index in [1.807, 2.05) is 0 Å². The van der Waals surface area contributed by atoms with E-state index in [9.17, 15) is 15.0 Å². The molecule has 0 aliphatic heterocycles. The molecular weight excluding hydrogens is 272 g/mol. The second kappa shape index (κ2) is 7.43. The van der Waals surface area contributed by atoms with Crippen LogP contribution in [0.15, 0.2) is 24.3 Å². The zero-order chi connectivity index (χ0) is 15.2. The van der Waals surface area contributed by atoms with Gasteiger partial charge >= 0.3 is 5.97 Å². The first-order valence-electron chi connectivity index (χ1n) is 7.37. The summed E-state index contributed by atoms with van der Waals surface area (Å²) in [6.45, 7) is 0.444. The van der Waals surface area contributed by atoms with Gasteiger partial charge in [-0.1, -0.05) is 25.0 Å². The van der Waals surface area contributed by atoms with Crippen molar-refractivity contribution in [3.05, 3.63) is 29.8 Å². The average Bonchev–Trinajstić information content (AvgIpc) is 2.46. The molecule has 0 aromatic heterocycles. The minimum atomic E-state index is -1.04. The van der Waals surface area contributed by atoms with Gasteiger partial charge in [0.15, 0.2) is 0 Å². The average molecular weight is 294 g/mol. The lowest BCUT2D eigenvalue weighted by Crippen LogP contribution is -2.29. The number of ether oxygens (including phenoxy) is 1. The van der Waals surface area contributed by atoms with Crippen LogP contribution < -0.4 is 4.74 Å². The van der Waals surface area contributed by atoms with Crippen LogP contribution in [0.2, 0.25) is 0 Å². The van der Waals surface area contributed by atoms with Crippen molar-refractivity contribution >= 4 is 5.97 Å². The third-order valence-electron chi connectivity index (χ3n) is 3.94. The maximum absolute atomic E-state index is 10.6. The molecular formula is C16H22O5. The van der Waals surface area contributed by atoms with E-state index in [1.165, 1.54) is 0 Å². The van der Waals surface area contributed by atoms with Gasteiger partial charge in [0.25, 0.3) is 0 Å². The van der Waals surface area contributed by atoms with Crippen molar-refractivity contribution in [2.45, 2.75) is 44.3 Å². The maximum atomic E-state index is 10.6. The van der Waals surface area contributed by atoms with Gasteiger partial charge in [0.1, 0.15) is 5.75 Å². The van der Waals surface area contributed by atoms with Crippen molar-refractivity contribution in [2.24, 2.45) is 5.92 Å². The highest BCUT2D eigenvalue weighted by molar-refractivity contribution is 5.67. The Hall–Kier alpha value is -1.59. The second-order valence-electron chi connectivity index (χ2n) is 5.61. The lowest BCUT2D eigenvalue weighted by Gasteiger charge is -2.27. The van der Waals surface area contributed by atoms with Gasteiger partial charge in [0, 0.05) is 5.92 Å². The highest BCUT2D eigenvalue weighted by Crippen LogP contribution is 2.26. The van der Waals surface area contributed by atoms with Gasteiger partial charge in [-0.3, -0.25) is 4.79 Å². The number of rotatable bonds is 6. The Labute approximate surface area is 124 Å². The molecule has 116 valence electrons. The molecule has 5 heteroatoms. The summed E-state index contributed by atoms with van der Waals surface area (Å²) in [7, 11) is 0. The molecule has 0 bridgehead atoms. The number of aliphatic hydroxyl groups excluding tert-OH is 2. The Morgan fingerprint density at radius 3 is 2.81 bits per heavy atom. The normalized spacial score (nSPS) is 23.5. The van der Waals surface area contributed by atoms with E-state index in [4.69, 9.17) is 9.84 Å². The zero-order valence-corrected chi connectivity index (χ0v) is 11.9. The molecule has 0 saturated heterocycles. The number of hydrogen-bond acceptors (Lipinski definition) is 4. The van der Waals surface area contributed by atoms with Gasteiger partial charge in [0.05, 0.1) is 25.2 Å². The first-order valence-corrected chi connectivity index (χ1v) is 7.37. The van der Waals surface area contributed by atoms with Gasteiger partial charge in [-0.2, -0.15) is 0 Å². The number of carboxylic acids is 1. The van der Waals surface area contributed by atoms with Crippen molar-refractivity contribution in [3.8, 4) is 5.75 Å². The number of benzene rings is 1. The Kier molecular flexibility index (Phi) is 5.59. The largest absolute Gasteiger partial charge is 0.493 e. The SMILES string of the molecule is O=C(O)CC(O)c1cccc(OCC2CCCCC2O)c1. The summed E-state index contributed by atoms with van der Waals surface area (Å²) in [4.78, 5) is 10.6. The van der Waals surface area contributed by atoms with Crippen LogP contribution in [0.25, 0.3) is 0 Å². The van der Waals surface area contributed by atoms with Crippen LogP contribution in [0.3, 0.4) is 0 Å². The molecule has 3 unspecified atom stereocenters. The molecule has 3 N–H and O–H groups in total. The molecule has 0 spiro atoms. The van der Waals surface area contributed by atoms with Gasteiger partial charge in [0.2, 0.25) is 0 Å². The predicted molar refractivity (Wildman–Crippen MR) is 77.1 cm³/mol. The van der Waals surface area contributed by atoms with Crippen molar-refractivity contribution in [2.75, 3.05) is 6.61 Å². The van der Waals surface area contributed by atoms with Crippen molar-refractivity contribution in [1.29, 1.82) is 0 Å². The fourth-order valence-corrected chi connectivity index (χ4v) is 2.68. The van der Waals surface area contributed by atoms with E-state index in [2.05, 4.69) is 0 Å². The van der Waals surface area contributed by atoms with E-state index in [0.717, 1.165) is 25.7 Å². The van der Waals surface area contributed by atoms with Crippen molar-refractivity contribution < 1.29 is 24.9 Å². The number of carboxylic acid groups (broad SMARTS) is 1. The lowest BCUT2D eigenvalue weighted by atomic mass is 9.87. The summed E-state index contributed by atoms with van der Waals surface area (Å²) in [5.41, 5.74) is 0.527. The number of aliphatic carboxylic acids is 1. The van der Waals surface area contributed by atoms with Crippen LogP contribution in [-0.4, -0.2) is 34.0 Å². The molecule has 5 nitrogen and oxygen atoms in total. The quantitative estimate of drug-likeness (QED) is 0.748. The van der Waals surface area contributed by atoms with Crippen LogP contribution in [0.4, 0.5) is 0 Å². The molecule has 21 heavy (non-hydrogen) atoms. The van der Waals surface area contributed by atoms with Crippen molar-refractivity contribution in [3.63, 3.8) is 0 Å². The molecule has 1 fully saturated rings. The van der Waals surface area contributed by atoms with Gasteiger partial charge in [-0.05, 0) is 30.5 Å². The van der Waals surface area contributed by atoms with Crippen LogP contribution in [0, 0.1) is 5.92 Å². The maximum Gasteiger partial charge on any atom is 0.306 e. The van der Waals surface area contributed by atoms with Crippen LogP contribution in [-0.2, 0) is 4.79 Å². The summed E-state index contributed by atoms with van der Waals surface area (Å²) >= 11 is 0. The lowest BCUT2D eigenvalue weighted by molar-refractivity contribution is -0.139. The smallest absolute Gasteiger partial charge is 0.306 e. The molecule has 3 atom stereocenters. The monoisotopic (exact) mass is 294 g/mol. The third-order valence-corrected chi connectivity index (χ3v) is 3.94. The van der Waals surface area contributed by atoms with Crippen LogP contribution in [0.5, 0.6) is 5.75 Å². The number of aliphatic hydroxyl groups is 2. The molecule has 1 aromatic rings. The standard InChI is InChI=1S/C16H22O5/c17-14-7-2-1-4-12(14)10-21-13-6-3-5-11(8-13)15(18)9-16(19)20/h3,5-6,8,12,14-15,17-18H,1-2,4,7,9-10H2,(H,19,20). The molecule has 1 aromatic carbocycles. The zero-order valence-electron chi connectivity index (χ0n) is 11.9. The van der Waals surface area contributed by atoms with E-state index in [0.29, 0.717) is 17.9 Å². The number of carbonyl (C=O) groups is 1. The van der Waals surface area contributed by atoms with Crippen LogP contribution >= 0.6 is 0 Å². The summed E-state index contributed by atoms with van der Waals surface area (Å²) in [6.07, 6.45) is 2.29. The fourth-order valence-electron chi connectivity index (χ4n) is 2.68. The first-order chi connectivity index (χ1) is 10.1. The van der Waals surface area contributed by atoms with Crippen molar-refractivity contribution in [1.82, 2.24) is 0 Å². The van der Waals surface area contributed by atoms with Gasteiger partial charge < -0.3 is 20.1 Å². The summed E-state index contributed by atoms with van der Waals surface area (Å²) in [6, 6.07) is 6.83. The second-order valence-corrected chi connectivity index (χ2v) is 5.61. The Morgan fingerprint density at radius 1 is 1.33 bits per heavy atom. The Balaban J connectivity index is 1.92. The van der Waals surface area contributed by atoms with E-state index < -0.39 is 12.1 Å². The Morgan fingerprint density at radius 2 is 2.10 bits per heavy atom. The van der Waals surface area contributed by atoms with Gasteiger partial charge in [-0.25, -0.2) is 0 Å². The highest BCUT2D eigenvalue weighted by atomic mass is 16.5. The predicted octanol–water partition coefficient (Wildman–Crippen LogP) is 2.12. The highest BCUT2D eigenvalue weighted by Gasteiger charge is 2.23. The number of hydrogen-bond donors (Lipinski definition) is 3.